The number of benzene rings is 1. The van der Waals surface area contributed by atoms with Crippen LogP contribution in [0.4, 0.5) is 0 Å². The van der Waals surface area contributed by atoms with E-state index in [1.54, 1.807) is 18.0 Å². The Labute approximate surface area is 136 Å². The summed E-state index contributed by atoms with van der Waals surface area (Å²) < 4.78 is 1.00. The second-order valence-corrected chi connectivity index (χ2v) is 7.12. The summed E-state index contributed by atoms with van der Waals surface area (Å²) in [6.07, 6.45) is 4.38. The van der Waals surface area contributed by atoms with Crippen molar-refractivity contribution in [3.05, 3.63) is 51.6 Å². The molecule has 0 saturated heterocycles. The Balaban J connectivity index is 1.71. The summed E-state index contributed by atoms with van der Waals surface area (Å²) in [6, 6.07) is 10.8. The average molecular weight is 370 g/mol. The van der Waals surface area contributed by atoms with Crippen molar-refractivity contribution in [1.82, 2.24) is 10.3 Å². The Morgan fingerprint density at radius 3 is 2.90 bits per heavy atom. The zero-order valence-corrected chi connectivity index (χ0v) is 13.9. The van der Waals surface area contributed by atoms with Crippen LogP contribution in [-0.4, -0.2) is 11.0 Å². The molecule has 1 aliphatic carbocycles. The van der Waals surface area contributed by atoms with Crippen molar-refractivity contribution >= 4 is 39.3 Å². The van der Waals surface area contributed by atoms with Crippen molar-refractivity contribution < 1.29 is 0 Å². The van der Waals surface area contributed by atoms with Crippen molar-refractivity contribution in [3.8, 4) is 0 Å². The van der Waals surface area contributed by atoms with Crippen LogP contribution in [0.15, 0.2) is 50.9 Å². The number of hydrogen-bond donors (Lipinski definition) is 1. The summed E-state index contributed by atoms with van der Waals surface area (Å²) in [7, 11) is 0. The molecule has 0 aliphatic heterocycles. The van der Waals surface area contributed by atoms with Crippen LogP contribution in [0.2, 0.25) is 5.02 Å². The largest absolute Gasteiger partial charge is 0.310 e. The fraction of sp³-hybridized carbons (Fsp3) is 0.267. The summed E-state index contributed by atoms with van der Waals surface area (Å²) >= 11 is 11.5. The van der Waals surface area contributed by atoms with E-state index in [-0.39, 0.29) is 0 Å². The Kier molecular flexibility index (Phi) is 4.66. The van der Waals surface area contributed by atoms with Gasteiger partial charge in [0.2, 0.25) is 0 Å². The van der Waals surface area contributed by atoms with Crippen LogP contribution in [0.25, 0.3) is 0 Å². The molecule has 1 aliphatic rings. The fourth-order valence-corrected chi connectivity index (χ4v) is 3.46. The molecule has 1 aromatic heterocycles. The van der Waals surface area contributed by atoms with E-state index in [1.807, 2.05) is 18.2 Å². The lowest BCUT2D eigenvalue weighted by Gasteiger charge is -2.08. The second kappa shape index (κ2) is 6.48. The molecule has 3 rings (SSSR count). The standard InChI is InChI=1S/C15H14BrClN2S/c16-13-2-1-7-18-15(13)20-12-6-3-10(14(17)8-12)9-19-11-4-5-11/h1-3,6-8,11,19H,4-5,9H2. The highest BCUT2D eigenvalue weighted by Crippen LogP contribution is 2.33. The van der Waals surface area contributed by atoms with Gasteiger partial charge in [-0.1, -0.05) is 29.4 Å². The summed E-state index contributed by atoms with van der Waals surface area (Å²) in [4.78, 5) is 5.46. The average Bonchev–Trinajstić information content (AvgIpc) is 3.25. The summed E-state index contributed by atoms with van der Waals surface area (Å²) in [5, 5.41) is 5.25. The van der Waals surface area contributed by atoms with E-state index in [2.05, 4.69) is 38.4 Å². The van der Waals surface area contributed by atoms with Crippen LogP contribution in [0, 0.1) is 0 Å². The van der Waals surface area contributed by atoms with E-state index < -0.39 is 0 Å². The molecular formula is C15H14BrClN2S. The molecule has 0 spiro atoms. The van der Waals surface area contributed by atoms with Gasteiger partial charge in [-0.15, -0.1) is 0 Å². The highest BCUT2D eigenvalue weighted by atomic mass is 79.9. The lowest BCUT2D eigenvalue weighted by Crippen LogP contribution is -2.15. The van der Waals surface area contributed by atoms with E-state index >= 15 is 0 Å². The monoisotopic (exact) mass is 368 g/mol. The lowest BCUT2D eigenvalue weighted by molar-refractivity contribution is 0.687. The third-order valence-corrected chi connectivity index (χ3v) is 5.38. The normalized spacial score (nSPS) is 14.5. The number of nitrogens with zero attached hydrogens (tertiary/aromatic N) is 1. The van der Waals surface area contributed by atoms with Gasteiger partial charge in [-0.3, -0.25) is 0 Å². The van der Waals surface area contributed by atoms with Crippen molar-refractivity contribution in [2.24, 2.45) is 0 Å². The minimum absolute atomic E-state index is 0.699. The molecule has 0 bridgehead atoms. The van der Waals surface area contributed by atoms with Crippen LogP contribution >= 0.6 is 39.3 Å². The van der Waals surface area contributed by atoms with Gasteiger partial charge in [0.25, 0.3) is 0 Å². The third kappa shape index (κ3) is 3.76. The molecule has 2 nitrogen and oxygen atoms in total. The number of aromatic nitrogens is 1. The number of halogens is 2. The van der Waals surface area contributed by atoms with E-state index in [4.69, 9.17) is 11.6 Å². The number of rotatable bonds is 5. The quantitative estimate of drug-likeness (QED) is 0.811. The molecule has 104 valence electrons. The Hall–Kier alpha value is -0.550. The molecule has 5 heteroatoms. The first-order valence-corrected chi connectivity index (χ1v) is 8.51. The van der Waals surface area contributed by atoms with Gasteiger partial charge in [0.05, 0.1) is 4.47 Å². The van der Waals surface area contributed by atoms with Crippen molar-refractivity contribution in [3.63, 3.8) is 0 Å². The minimum Gasteiger partial charge on any atom is -0.310 e. The molecule has 1 saturated carbocycles. The van der Waals surface area contributed by atoms with Gasteiger partial charge in [-0.05, 0) is 58.6 Å². The van der Waals surface area contributed by atoms with Crippen LogP contribution in [0.1, 0.15) is 18.4 Å². The van der Waals surface area contributed by atoms with Crippen molar-refractivity contribution in [2.75, 3.05) is 0 Å². The first kappa shape index (κ1) is 14.4. The molecule has 0 amide bonds. The molecule has 1 aromatic carbocycles. The van der Waals surface area contributed by atoms with E-state index in [0.717, 1.165) is 31.5 Å². The van der Waals surface area contributed by atoms with Gasteiger partial charge in [-0.2, -0.15) is 0 Å². The summed E-state index contributed by atoms with van der Waals surface area (Å²) in [6.45, 7) is 0.849. The molecule has 0 unspecified atom stereocenters. The molecule has 1 fully saturated rings. The smallest absolute Gasteiger partial charge is 0.115 e. The topological polar surface area (TPSA) is 24.9 Å². The van der Waals surface area contributed by atoms with Gasteiger partial charge in [0.15, 0.2) is 0 Å². The maximum Gasteiger partial charge on any atom is 0.115 e. The maximum absolute atomic E-state index is 6.35. The van der Waals surface area contributed by atoms with E-state index in [0.29, 0.717) is 6.04 Å². The molecule has 20 heavy (non-hydrogen) atoms. The minimum atomic E-state index is 0.699. The molecule has 2 aromatic rings. The van der Waals surface area contributed by atoms with E-state index in [9.17, 15) is 0 Å². The maximum atomic E-state index is 6.35. The first-order valence-electron chi connectivity index (χ1n) is 6.52. The predicted molar refractivity (Wildman–Crippen MR) is 87.4 cm³/mol. The van der Waals surface area contributed by atoms with Crippen molar-refractivity contribution in [2.45, 2.75) is 35.3 Å². The number of hydrogen-bond acceptors (Lipinski definition) is 3. The fourth-order valence-electron chi connectivity index (χ4n) is 1.83. The molecule has 0 radical (unpaired) electrons. The number of nitrogens with one attached hydrogen (secondary N) is 1. The van der Waals surface area contributed by atoms with Gasteiger partial charge in [0, 0.05) is 28.7 Å². The van der Waals surface area contributed by atoms with E-state index in [1.165, 1.54) is 12.8 Å². The first-order chi connectivity index (χ1) is 9.72. The SMILES string of the molecule is Clc1cc(Sc2ncccc2Br)ccc1CNC1CC1. The number of pyridine rings is 1. The van der Waals surface area contributed by atoms with Gasteiger partial charge >= 0.3 is 0 Å². The van der Waals surface area contributed by atoms with Crippen LogP contribution < -0.4 is 5.32 Å². The predicted octanol–water partition coefficient (Wildman–Crippen LogP) is 4.90. The Morgan fingerprint density at radius 2 is 2.20 bits per heavy atom. The highest BCUT2D eigenvalue weighted by Gasteiger charge is 2.20. The summed E-state index contributed by atoms with van der Waals surface area (Å²) in [5.41, 5.74) is 1.16. The molecular weight excluding hydrogens is 356 g/mol. The third-order valence-electron chi connectivity index (χ3n) is 3.12. The lowest BCUT2D eigenvalue weighted by atomic mass is 10.2. The van der Waals surface area contributed by atoms with Crippen molar-refractivity contribution in [1.29, 1.82) is 0 Å². The highest BCUT2D eigenvalue weighted by molar-refractivity contribution is 9.10. The Morgan fingerprint density at radius 1 is 1.35 bits per heavy atom. The zero-order valence-electron chi connectivity index (χ0n) is 10.8. The van der Waals surface area contributed by atoms with Crippen LogP contribution in [-0.2, 0) is 6.54 Å². The Bertz CT molecular complexity index is 617. The van der Waals surface area contributed by atoms with Gasteiger partial charge < -0.3 is 5.32 Å². The molecule has 0 atom stereocenters. The van der Waals surface area contributed by atoms with Gasteiger partial charge in [0.1, 0.15) is 5.03 Å². The summed E-state index contributed by atoms with van der Waals surface area (Å²) in [5.74, 6) is 0. The molecule has 1 N–H and O–H groups in total. The zero-order chi connectivity index (χ0) is 13.9. The van der Waals surface area contributed by atoms with Crippen LogP contribution in [0.3, 0.4) is 0 Å². The van der Waals surface area contributed by atoms with Gasteiger partial charge in [-0.25, -0.2) is 4.98 Å². The van der Waals surface area contributed by atoms with Crippen LogP contribution in [0.5, 0.6) is 0 Å². The second-order valence-electron chi connectivity index (χ2n) is 4.80. The molecule has 1 heterocycles.